The highest BCUT2D eigenvalue weighted by Crippen LogP contribution is 2.03. The Morgan fingerprint density at radius 3 is 2.56 bits per heavy atom. The van der Waals surface area contributed by atoms with Gasteiger partial charge in [0.25, 0.3) is 0 Å². The molecule has 5 nitrogen and oxygen atoms in total. The quantitative estimate of drug-likeness (QED) is 0.628. The van der Waals surface area contributed by atoms with Crippen molar-refractivity contribution in [2.75, 3.05) is 52.5 Å². The molecule has 1 rings (SSSR count). The van der Waals surface area contributed by atoms with Gasteiger partial charge in [-0.25, -0.2) is 0 Å². The smallest absolute Gasteiger partial charge is 0.224 e. The van der Waals surface area contributed by atoms with Crippen molar-refractivity contribution in [2.24, 2.45) is 0 Å². The topological polar surface area (TPSA) is 53.0 Å². The summed E-state index contributed by atoms with van der Waals surface area (Å²) in [6.45, 7) is 7.28. The zero-order chi connectivity index (χ0) is 11.8. The molecule has 1 aliphatic heterocycles. The molecule has 0 bridgehead atoms. The van der Waals surface area contributed by atoms with Crippen LogP contribution in [0.1, 0.15) is 13.3 Å². The van der Waals surface area contributed by atoms with Crippen molar-refractivity contribution in [3.63, 3.8) is 0 Å². The van der Waals surface area contributed by atoms with Crippen molar-refractivity contribution in [2.45, 2.75) is 13.3 Å². The van der Waals surface area contributed by atoms with Gasteiger partial charge in [0, 0.05) is 39.3 Å². The highest BCUT2D eigenvalue weighted by atomic mass is 16.5. The van der Waals surface area contributed by atoms with Gasteiger partial charge in [0.2, 0.25) is 5.91 Å². The van der Waals surface area contributed by atoms with Gasteiger partial charge in [0.15, 0.2) is 0 Å². The summed E-state index contributed by atoms with van der Waals surface area (Å²) in [6.07, 6.45) is 0.480. The van der Waals surface area contributed by atoms with E-state index in [2.05, 4.69) is 4.90 Å². The molecule has 1 aliphatic rings. The molecule has 1 heterocycles. The molecule has 0 aliphatic carbocycles. The third kappa shape index (κ3) is 4.47. The second kappa shape index (κ2) is 7.60. The first-order chi connectivity index (χ1) is 7.77. The molecule has 94 valence electrons. The van der Waals surface area contributed by atoms with E-state index in [1.165, 1.54) is 0 Å². The van der Waals surface area contributed by atoms with Gasteiger partial charge in [-0.15, -0.1) is 0 Å². The van der Waals surface area contributed by atoms with Crippen LogP contribution >= 0.6 is 0 Å². The van der Waals surface area contributed by atoms with E-state index in [4.69, 9.17) is 9.84 Å². The lowest BCUT2D eigenvalue weighted by Crippen LogP contribution is -2.49. The normalized spacial score (nSPS) is 17.8. The first-order valence-electron chi connectivity index (χ1n) is 5.96. The minimum Gasteiger partial charge on any atom is -0.395 e. The second-order valence-corrected chi connectivity index (χ2v) is 3.89. The second-order valence-electron chi connectivity index (χ2n) is 3.89. The van der Waals surface area contributed by atoms with Crippen molar-refractivity contribution in [1.29, 1.82) is 0 Å². The lowest BCUT2D eigenvalue weighted by Gasteiger charge is -2.34. The van der Waals surface area contributed by atoms with E-state index < -0.39 is 0 Å². The van der Waals surface area contributed by atoms with E-state index in [9.17, 15) is 4.79 Å². The Balaban J connectivity index is 2.17. The van der Waals surface area contributed by atoms with Crippen LogP contribution in [0.4, 0.5) is 0 Å². The van der Waals surface area contributed by atoms with Crippen LogP contribution in [0.5, 0.6) is 0 Å². The van der Waals surface area contributed by atoms with E-state index in [1.807, 2.05) is 11.8 Å². The number of carbonyl (C=O) groups excluding carboxylic acids is 1. The summed E-state index contributed by atoms with van der Waals surface area (Å²) in [5.74, 6) is 0.178. The fraction of sp³-hybridized carbons (Fsp3) is 0.909. The lowest BCUT2D eigenvalue weighted by atomic mass is 10.3. The van der Waals surface area contributed by atoms with Crippen LogP contribution in [0.25, 0.3) is 0 Å². The summed E-state index contributed by atoms with van der Waals surface area (Å²) in [7, 11) is 0. The molecule has 0 atom stereocenters. The van der Waals surface area contributed by atoms with Crippen LogP contribution < -0.4 is 0 Å². The Hall–Kier alpha value is -0.650. The highest BCUT2D eigenvalue weighted by Gasteiger charge is 2.19. The summed E-state index contributed by atoms with van der Waals surface area (Å²) < 4.78 is 5.16. The Kier molecular flexibility index (Phi) is 6.37. The molecule has 0 unspecified atom stereocenters. The molecule has 16 heavy (non-hydrogen) atoms. The number of carbonyl (C=O) groups is 1. The molecule has 1 saturated heterocycles. The Bertz CT molecular complexity index is 203. The molecule has 0 aromatic heterocycles. The Labute approximate surface area is 97.0 Å². The molecule has 0 aromatic carbocycles. The van der Waals surface area contributed by atoms with Crippen LogP contribution in [0.3, 0.4) is 0 Å². The van der Waals surface area contributed by atoms with Crippen molar-refractivity contribution in [3.05, 3.63) is 0 Å². The molecule has 1 fully saturated rings. The average Bonchev–Trinajstić information content (AvgIpc) is 2.30. The fourth-order valence-electron chi connectivity index (χ4n) is 1.82. The van der Waals surface area contributed by atoms with Crippen LogP contribution in [-0.4, -0.2) is 73.4 Å². The first-order valence-corrected chi connectivity index (χ1v) is 5.96. The first kappa shape index (κ1) is 13.4. The fourth-order valence-corrected chi connectivity index (χ4v) is 1.82. The number of piperazine rings is 1. The zero-order valence-electron chi connectivity index (χ0n) is 10.0. The number of hydrogen-bond acceptors (Lipinski definition) is 4. The van der Waals surface area contributed by atoms with Gasteiger partial charge in [-0.3, -0.25) is 9.69 Å². The maximum atomic E-state index is 11.7. The van der Waals surface area contributed by atoms with Crippen LogP contribution in [0, 0.1) is 0 Å². The minimum absolute atomic E-state index is 0.178. The number of hydrogen-bond donors (Lipinski definition) is 1. The predicted molar refractivity (Wildman–Crippen MR) is 61.2 cm³/mol. The summed E-state index contributed by atoms with van der Waals surface area (Å²) in [5.41, 5.74) is 0. The van der Waals surface area contributed by atoms with Gasteiger partial charge in [-0.2, -0.15) is 0 Å². The van der Waals surface area contributed by atoms with Gasteiger partial charge in [-0.1, -0.05) is 0 Å². The SMILES string of the molecule is CCOCCC(=O)N1CCN(CCO)CC1. The lowest BCUT2D eigenvalue weighted by molar-refractivity contribution is -0.134. The number of β-amino-alcohol motifs (C(OH)–C–C–N with tert-alkyl or cyclic N) is 1. The molecular weight excluding hydrogens is 208 g/mol. The van der Waals surface area contributed by atoms with Crippen molar-refractivity contribution in [3.8, 4) is 0 Å². The molecule has 0 radical (unpaired) electrons. The van der Waals surface area contributed by atoms with Gasteiger partial charge in [-0.05, 0) is 6.92 Å². The molecule has 0 saturated carbocycles. The number of ether oxygens (including phenoxy) is 1. The standard InChI is InChI=1S/C11H22N2O3/c1-2-16-10-3-11(15)13-6-4-12(5-7-13)8-9-14/h14H,2-10H2,1H3. The maximum Gasteiger partial charge on any atom is 0.224 e. The van der Waals surface area contributed by atoms with Gasteiger partial charge < -0.3 is 14.7 Å². The van der Waals surface area contributed by atoms with E-state index in [1.54, 1.807) is 0 Å². The van der Waals surface area contributed by atoms with Gasteiger partial charge >= 0.3 is 0 Å². The summed E-state index contributed by atoms with van der Waals surface area (Å²) in [5, 5.41) is 8.80. The van der Waals surface area contributed by atoms with E-state index in [0.29, 0.717) is 26.2 Å². The van der Waals surface area contributed by atoms with Gasteiger partial charge in [0.05, 0.1) is 19.6 Å². The Morgan fingerprint density at radius 2 is 2.00 bits per heavy atom. The van der Waals surface area contributed by atoms with Crippen LogP contribution in [0.15, 0.2) is 0 Å². The largest absolute Gasteiger partial charge is 0.395 e. The van der Waals surface area contributed by atoms with Crippen molar-refractivity contribution >= 4 is 5.91 Å². The average molecular weight is 230 g/mol. The third-order valence-electron chi connectivity index (χ3n) is 2.81. The van der Waals surface area contributed by atoms with Crippen molar-refractivity contribution in [1.82, 2.24) is 9.80 Å². The third-order valence-corrected chi connectivity index (χ3v) is 2.81. The maximum absolute atomic E-state index is 11.7. The Morgan fingerprint density at radius 1 is 1.31 bits per heavy atom. The molecule has 5 heteroatoms. The summed E-state index contributed by atoms with van der Waals surface area (Å²) in [6, 6.07) is 0. The number of amides is 1. The monoisotopic (exact) mass is 230 g/mol. The zero-order valence-corrected chi connectivity index (χ0v) is 10.0. The molecular formula is C11H22N2O3. The number of rotatable bonds is 6. The number of aliphatic hydroxyl groups is 1. The minimum atomic E-state index is 0.178. The van der Waals surface area contributed by atoms with Crippen LogP contribution in [0.2, 0.25) is 0 Å². The van der Waals surface area contributed by atoms with E-state index in [0.717, 1.165) is 26.2 Å². The number of nitrogens with zero attached hydrogens (tertiary/aromatic N) is 2. The molecule has 1 N–H and O–H groups in total. The predicted octanol–water partition coefficient (Wildman–Crippen LogP) is -0.450. The van der Waals surface area contributed by atoms with Crippen molar-refractivity contribution < 1.29 is 14.6 Å². The number of aliphatic hydroxyl groups excluding tert-OH is 1. The van der Waals surface area contributed by atoms with E-state index >= 15 is 0 Å². The van der Waals surface area contributed by atoms with Gasteiger partial charge in [0.1, 0.15) is 0 Å². The highest BCUT2D eigenvalue weighted by molar-refractivity contribution is 5.76. The van der Waals surface area contributed by atoms with Crippen LogP contribution in [-0.2, 0) is 9.53 Å². The summed E-state index contributed by atoms with van der Waals surface area (Å²) in [4.78, 5) is 15.8. The van der Waals surface area contributed by atoms with E-state index in [-0.39, 0.29) is 12.5 Å². The molecule has 1 amide bonds. The molecule has 0 spiro atoms. The molecule has 0 aromatic rings. The summed E-state index contributed by atoms with van der Waals surface area (Å²) >= 11 is 0.